The maximum Gasteiger partial charge on any atom is 0.254 e. The lowest BCUT2D eigenvalue weighted by Crippen LogP contribution is -2.36. The average molecular weight is 479 g/mol. The van der Waals surface area contributed by atoms with Crippen molar-refractivity contribution >= 4 is 29.4 Å². The first-order valence-corrected chi connectivity index (χ1v) is 12.4. The van der Waals surface area contributed by atoms with Gasteiger partial charge < -0.3 is 15.1 Å². The molecule has 0 fully saturated rings. The Labute approximate surface area is 212 Å². The first-order chi connectivity index (χ1) is 17.6. The van der Waals surface area contributed by atoms with Crippen LogP contribution < -0.4 is 10.2 Å². The number of carbonyl (C=O) groups excluding carboxylic acids is 2. The van der Waals surface area contributed by atoms with Crippen LogP contribution in [0.15, 0.2) is 89.6 Å². The Morgan fingerprint density at radius 2 is 1.81 bits per heavy atom. The molecule has 5 rings (SSSR count). The lowest BCUT2D eigenvalue weighted by Gasteiger charge is -2.27. The molecule has 0 radical (unpaired) electrons. The quantitative estimate of drug-likeness (QED) is 0.525. The van der Waals surface area contributed by atoms with Gasteiger partial charge in [-0.2, -0.15) is 0 Å². The first kappa shape index (κ1) is 23.5. The summed E-state index contributed by atoms with van der Waals surface area (Å²) in [6.07, 6.45) is 5.91. The van der Waals surface area contributed by atoms with E-state index in [0.29, 0.717) is 24.3 Å². The van der Waals surface area contributed by atoms with Crippen molar-refractivity contribution in [3.8, 4) is 11.1 Å². The lowest BCUT2D eigenvalue weighted by molar-refractivity contribution is -0.114. The van der Waals surface area contributed by atoms with Gasteiger partial charge >= 0.3 is 0 Å². The van der Waals surface area contributed by atoms with Crippen LogP contribution >= 0.6 is 0 Å². The highest BCUT2D eigenvalue weighted by molar-refractivity contribution is 5.97. The van der Waals surface area contributed by atoms with Crippen molar-refractivity contribution in [2.75, 3.05) is 29.9 Å². The number of nitrogens with zero attached hydrogens (tertiary/aromatic N) is 3. The van der Waals surface area contributed by atoms with Gasteiger partial charge in [0.05, 0.1) is 0 Å². The molecule has 6 heteroatoms. The summed E-state index contributed by atoms with van der Waals surface area (Å²) in [5, 5.41) is 2.77. The van der Waals surface area contributed by atoms with Crippen molar-refractivity contribution in [3.05, 3.63) is 95.7 Å². The molecule has 2 aliphatic heterocycles. The van der Waals surface area contributed by atoms with Gasteiger partial charge in [-0.3, -0.25) is 14.6 Å². The van der Waals surface area contributed by atoms with Crippen LogP contribution in [0.25, 0.3) is 11.1 Å². The Bertz CT molecular complexity index is 1330. The highest BCUT2D eigenvalue weighted by Gasteiger charge is 2.25. The second-order valence-electron chi connectivity index (χ2n) is 9.28. The van der Waals surface area contributed by atoms with E-state index in [1.807, 2.05) is 41.6 Å². The Morgan fingerprint density at radius 1 is 0.944 bits per heavy atom. The van der Waals surface area contributed by atoms with Gasteiger partial charge in [0.15, 0.2) is 0 Å². The standard InChI is InChI=1S/C30H30N4O2/c1-22(35)32-28-11-5-10-26(18-28)30(36)34-16-15-33(20-23-7-6-14-31-19-23)29-13-12-25(17-27(29)21-34)24-8-3-2-4-9-24/h2-5,8-14,17-19H,6-7,15-16,20-21H2,1H3,(H,32,35). The van der Waals surface area contributed by atoms with Gasteiger partial charge in [0.1, 0.15) is 0 Å². The molecule has 0 aromatic heterocycles. The van der Waals surface area contributed by atoms with Crippen molar-refractivity contribution in [1.82, 2.24) is 4.90 Å². The molecule has 36 heavy (non-hydrogen) atoms. The van der Waals surface area contributed by atoms with Crippen LogP contribution in [0.3, 0.4) is 0 Å². The second-order valence-corrected chi connectivity index (χ2v) is 9.28. The number of rotatable bonds is 5. The molecule has 0 spiro atoms. The van der Waals surface area contributed by atoms with Crippen molar-refractivity contribution < 1.29 is 9.59 Å². The molecule has 0 bridgehead atoms. The monoisotopic (exact) mass is 478 g/mol. The molecule has 3 aromatic rings. The molecule has 0 aliphatic carbocycles. The number of anilines is 2. The molecule has 2 amide bonds. The minimum Gasteiger partial charge on any atom is -0.365 e. The van der Waals surface area contributed by atoms with Gasteiger partial charge in [0.2, 0.25) is 5.91 Å². The van der Waals surface area contributed by atoms with E-state index in [4.69, 9.17) is 0 Å². The summed E-state index contributed by atoms with van der Waals surface area (Å²) in [6.45, 7) is 4.12. The van der Waals surface area contributed by atoms with Crippen LogP contribution in [0.2, 0.25) is 0 Å². The van der Waals surface area contributed by atoms with Crippen LogP contribution in [0.5, 0.6) is 0 Å². The molecule has 3 aromatic carbocycles. The summed E-state index contributed by atoms with van der Waals surface area (Å²) in [4.78, 5) is 33.8. The number of fused-ring (bicyclic) bond motifs is 1. The van der Waals surface area contributed by atoms with Gasteiger partial charge in [0, 0.05) is 62.5 Å². The smallest absolute Gasteiger partial charge is 0.254 e. The van der Waals surface area contributed by atoms with Gasteiger partial charge in [-0.25, -0.2) is 0 Å². The van der Waals surface area contributed by atoms with Crippen LogP contribution in [0.4, 0.5) is 11.4 Å². The number of carbonyl (C=O) groups is 2. The summed E-state index contributed by atoms with van der Waals surface area (Å²) >= 11 is 0. The zero-order valence-corrected chi connectivity index (χ0v) is 20.5. The van der Waals surface area contributed by atoms with E-state index in [-0.39, 0.29) is 11.8 Å². The molecule has 2 aliphatic rings. The topological polar surface area (TPSA) is 65.0 Å². The second kappa shape index (κ2) is 10.6. The number of amides is 2. The van der Waals surface area contributed by atoms with Crippen molar-refractivity contribution in [1.29, 1.82) is 0 Å². The minimum atomic E-state index is -0.159. The number of benzene rings is 3. The third-order valence-corrected chi connectivity index (χ3v) is 6.60. The fraction of sp³-hybridized carbons (Fsp3) is 0.233. The number of hydrogen-bond acceptors (Lipinski definition) is 4. The third kappa shape index (κ3) is 5.38. The van der Waals surface area contributed by atoms with Crippen LogP contribution in [-0.2, 0) is 11.3 Å². The summed E-state index contributed by atoms with van der Waals surface area (Å²) in [5.41, 5.74) is 7.08. The number of nitrogens with one attached hydrogen (secondary N) is 1. The predicted molar refractivity (Wildman–Crippen MR) is 145 cm³/mol. The summed E-state index contributed by atoms with van der Waals surface area (Å²) < 4.78 is 0. The lowest BCUT2D eigenvalue weighted by atomic mass is 10.0. The Hall–Kier alpha value is -4.19. The first-order valence-electron chi connectivity index (χ1n) is 12.4. The highest BCUT2D eigenvalue weighted by atomic mass is 16.2. The van der Waals surface area contributed by atoms with Crippen LogP contribution in [-0.4, -0.2) is 42.6 Å². The summed E-state index contributed by atoms with van der Waals surface area (Å²) in [5.74, 6) is -0.199. The minimum absolute atomic E-state index is 0.0402. The highest BCUT2D eigenvalue weighted by Crippen LogP contribution is 2.32. The summed E-state index contributed by atoms with van der Waals surface area (Å²) in [6, 6.07) is 24.1. The number of hydrogen-bond donors (Lipinski definition) is 1. The molecule has 6 nitrogen and oxygen atoms in total. The van der Waals surface area contributed by atoms with Crippen molar-refractivity contribution in [2.24, 2.45) is 4.99 Å². The Morgan fingerprint density at radius 3 is 2.58 bits per heavy atom. The van der Waals surface area contributed by atoms with E-state index in [1.165, 1.54) is 12.5 Å². The van der Waals surface area contributed by atoms with Crippen LogP contribution in [0.1, 0.15) is 35.7 Å². The third-order valence-electron chi connectivity index (χ3n) is 6.60. The van der Waals surface area contributed by atoms with Gasteiger partial charge in [0.25, 0.3) is 5.91 Å². The van der Waals surface area contributed by atoms with E-state index in [2.05, 4.69) is 45.5 Å². The summed E-state index contributed by atoms with van der Waals surface area (Å²) in [7, 11) is 0. The molecule has 2 heterocycles. The van der Waals surface area contributed by atoms with E-state index in [1.54, 1.807) is 18.2 Å². The molecule has 0 saturated heterocycles. The molecule has 0 atom stereocenters. The van der Waals surface area contributed by atoms with E-state index < -0.39 is 0 Å². The number of aliphatic imine (C=N–C) groups is 1. The molecule has 182 valence electrons. The van der Waals surface area contributed by atoms with E-state index in [9.17, 15) is 9.59 Å². The maximum absolute atomic E-state index is 13.6. The molecule has 1 N–H and O–H groups in total. The molecule has 0 unspecified atom stereocenters. The zero-order valence-electron chi connectivity index (χ0n) is 20.5. The fourth-order valence-electron chi connectivity index (χ4n) is 4.84. The van der Waals surface area contributed by atoms with Crippen molar-refractivity contribution in [2.45, 2.75) is 26.3 Å². The van der Waals surface area contributed by atoms with E-state index >= 15 is 0 Å². The largest absolute Gasteiger partial charge is 0.365 e. The Kier molecular flexibility index (Phi) is 6.94. The molecular formula is C30H30N4O2. The normalized spacial score (nSPS) is 15.1. The van der Waals surface area contributed by atoms with Gasteiger partial charge in [-0.15, -0.1) is 0 Å². The zero-order chi connectivity index (χ0) is 24.9. The molecular weight excluding hydrogens is 448 g/mol. The fourth-order valence-corrected chi connectivity index (χ4v) is 4.84. The SMILES string of the molecule is CC(=O)Nc1cccc(C(=O)N2CCN(CC3=CN=CCC3)c3ccc(-c4ccccc4)cc3C2)c1. The van der Waals surface area contributed by atoms with Gasteiger partial charge in [-0.05, 0) is 65.4 Å². The Balaban J connectivity index is 1.47. The van der Waals surface area contributed by atoms with E-state index in [0.717, 1.165) is 48.3 Å². The maximum atomic E-state index is 13.6. The van der Waals surface area contributed by atoms with Gasteiger partial charge in [-0.1, -0.05) is 42.5 Å². The molecule has 0 saturated carbocycles. The average Bonchev–Trinajstić information content (AvgIpc) is 3.08. The predicted octanol–water partition coefficient (Wildman–Crippen LogP) is 5.52. The van der Waals surface area contributed by atoms with Crippen LogP contribution in [0, 0.1) is 0 Å². The van der Waals surface area contributed by atoms with Crippen molar-refractivity contribution in [3.63, 3.8) is 0 Å².